The quantitative estimate of drug-likeness (QED) is 0.274. The van der Waals surface area contributed by atoms with Crippen LogP contribution in [0.2, 0.25) is 0 Å². The van der Waals surface area contributed by atoms with Gasteiger partial charge in [-0.3, -0.25) is 9.56 Å². The van der Waals surface area contributed by atoms with Gasteiger partial charge in [0.15, 0.2) is 17.5 Å². The monoisotopic (exact) mass is 509 g/mol. The number of para-hydroxylation sites is 1. The van der Waals surface area contributed by atoms with Crippen LogP contribution in [-0.4, -0.2) is 32.9 Å². The van der Waals surface area contributed by atoms with Crippen LogP contribution in [0.5, 0.6) is 0 Å². The molecule has 0 aliphatic carbocycles. The minimum atomic E-state index is 0. The van der Waals surface area contributed by atoms with E-state index in [1.54, 1.807) is 13.4 Å². The summed E-state index contributed by atoms with van der Waals surface area (Å²) in [5.41, 5.74) is 2.03. The molecule has 29 heavy (non-hydrogen) atoms. The van der Waals surface area contributed by atoms with Crippen LogP contribution in [0, 0.1) is 0 Å². The predicted molar refractivity (Wildman–Crippen MR) is 124 cm³/mol. The number of halogens is 1. The van der Waals surface area contributed by atoms with Crippen molar-refractivity contribution >= 4 is 29.9 Å². The number of aliphatic imine (C=N–C) groups is 1. The molecule has 8 nitrogen and oxygen atoms in total. The molecule has 0 radical (unpaired) electrons. The summed E-state index contributed by atoms with van der Waals surface area (Å²) in [5.74, 6) is 2.68. The molecule has 0 atom stereocenters. The van der Waals surface area contributed by atoms with Crippen LogP contribution >= 0.6 is 24.0 Å². The molecule has 156 valence electrons. The molecule has 0 saturated carbocycles. The molecule has 0 aliphatic rings. The molecule has 3 rings (SSSR count). The lowest BCUT2D eigenvalue weighted by molar-refractivity contribution is 0.368. The second-order valence-electron chi connectivity index (χ2n) is 6.46. The molecule has 9 heteroatoms. The van der Waals surface area contributed by atoms with Gasteiger partial charge in [-0.1, -0.05) is 37.2 Å². The number of nitrogens with zero attached hydrogens (tertiary/aromatic N) is 5. The molecular formula is C20H28IN7O. The van der Waals surface area contributed by atoms with Gasteiger partial charge in [-0.2, -0.15) is 0 Å². The Labute approximate surface area is 188 Å². The Morgan fingerprint density at radius 1 is 1.14 bits per heavy atom. The van der Waals surface area contributed by atoms with Gasteiger partial charge in [-0.05, 0) is 25.0 Å². The van der Waals surface area contributed by atoms with E-state index in [1.165, 1.54) is 0 Å². The Morgan fingerprint density at radius 2 is 1.86 bits per heavy atom. The zero-order chi connectivity index (χ0) is 19.8. The molecule has 0 amide bonds. The number of hydrogen-bond acceptors (Lipinski definition) is 5. The number of hydrogen-bond donors (Lipinski definition) is 2. The van der Waals surface area contributed by atoms with Gasteiger partial charge >= 0.3 is 0 Å². The Kier molecular flexibility index (Phi) is 9.10. The number of benzene rings is 1. The Balaban J connectivity index is 0.00000300. The Hall–Kier alpha value is -2.43. The molecule has 0 fully saturated rings. The molecule has 1 aromatic carbocycles. The van der Waals surface area contributed by atoms with Crippen molar-refractivity contribution < 1.29 is 4.52 Å². The topological polar surface area (TPSA) is 93.2 Å². The van der Waals surface area contributed by atoms with Crippen molar-refractivity contribution in [2.24, 2.45) is 4.99 Å². The van der Waals surface area contributed by atoms with Crippen molar-refractivity contribution in [3.05, 3.63) is 60.0 Å². The van der Waals surface area contributed by atoms with Crippen LogP contribution in [0.3, 0.4) is 0 Å². The van der Waals surface area contributed by atoms with Crippen molar-refractivity contribution in [3.8, 4) is 5.69 Å². The molecule has 2 heterocycles. The SMILES string of the molecule is CCC(CC)c1cc(CNC(=NC)NCc2nncn2-c2ccccc2)on1.I. The summed E-state index contributed by atoms with van der Waals surface area (Å²) < 4.78 is 7.39. The fraction of sp³-hybridized carbons (Fsp3) is 0.400. The van der Waals surface area contributed by atoms with Gasteiger partial charge in [0.2, 0.25) is 0 Å². The van der Waals surface area contributed by atoms with Gasteiger partial charge in [-0.25, -0.2) is 0 Å². The van der Waals surface area contributed by atoms with E-state index >= 15 is 0 Å². The van der Waals surface area contributed by atoms with Crippen LogP contribution < -0.4 is 10.6 Å². The van der Waals surface area contributed by atoms with E-state index in [4.69, 9.17) is 4.52 Å². The van der Waals surface area contributed by atoms with Crippen LogP contribution in [0.4, 0.5) is 0 Å². The van der Waals surface area contributed by atoms with Gasteiger partial charge < -0.3 is 15.2 Å². The molecule has 0 aliphatic heterocycles. The highest BCUT2D eigenvalue weighted by Crippen LogP contribution is 2.22. The van der Waals surface area contributed by atoms with Crippen molar-refractivity contribution in [1.82, 2.24) is 30.6 Å². The van der Waals surface area contributed by atoms with Crippen LogP contribution in [0.1, 0.15) is 49.9 Å². The number of rotatable bonds is 8. The number of aromatic nitrogens is 4. The lowest BCUT2D eigenvalue weighted by Gasteiger charge is -2.11. The second kappa shape index (κ2) is 11.5. The van der Waals surface area contributed by atoms with Gasteiger partial charge in [0, 0.05) is 24.7 Å². The molecule has 0 unspecified atom stereocenters. The van der Waals surface area contributed by atoms with Crippen molar-refractivity contribution in [2.75, 3.05) is 7.05 Å². The summed E-state index contributed by atoms with van der Waals surface area (Å²) in [6, 6.07) is 12.0. The molecule has 3 aromatic rings. The Morgan fingerprint density at radius 3 is 2.55 bits per heavy atom. The maximum Gasteiger partial charge on any atom is 0.191 e. The van der Waals surface area contributed by atoms with E-state index in [1.807, 2.05) is 41.0 Å². The van der Waals surface area contributed by atoms with E-state index in [0.29, 0.717) is 25.0 Å². The van der Waals surface area contributed by atoms with Gasteiger partial charge in [0.25, 0.3) is 0 Å². The normalized spacial score (nSPS) is 11.4. The number of nitrogens with one attached hydrogen (secondary N) is 2. The van der Waals surface area contributed by atoms with Crippen LogP contribution in [0.25, 0.3) is 5.69 Å². The number of guanidine groups is 1. The highest BCUT2D eigenvalue weighted by atomic mass is 127. The third-order valence-electron chi connectivity index (χ3n) is 4.70. The summed E-state index contributed by atoms with van der Waals surface area (Å²) in [6.45, 7) is 5.34. The van der Waals surface area contributed by atoms with E-state index in [9.17, 15) is 0 Å². The average Bonchev–Trinajstić information content (AvgIpc) is 3.39. The van der Waals surface area contributed by atoms with Gasteiger partial charge in [0.1, 0.15) is 6.33 Å². The minimum absolute atomic E-state index is 0. The molecule has 2 aromatic heterocycles. The summed E-state index contributed by atoms with van der Waals surface area (Å²) in [7, 11) is 1.73. The fourth-order valence-corrected chi connectivity index (χ4v) is 3.05. The van der Waals surface area contributed by atoms with Gasteiger partial charge in [0.05, 0.1) is 18.8 Å². The first-order chi connectivity index (χ1) is 13.7. The van der Waals surface area contributed by atoms with Crippen LogP contribution in [0.15, 0.2) is 52.2 Å². The lowest BCUT2D eigenvalue weighted by atomic mass is 9.99. The smallest absolute Gasteiger partial charge is 0.191 e. The highest BCUT2D eigenvalue weighted by Gasteiger charge is 2.13. The first-order valence-corrected chi connectivity index (χ1v) is 9.59. The third-order valence-corrected chi connectivity index (χ3v) is 4.70. The molecule has 0 saturated heterocycles. The lowest BCUT2D eigenvalue weighted by Crippen LogP contribution is -2.36. The predicted octanol–water partition coefficient (Wildman–Crippen LogP) is 3.64. The first-order valence-electron chi connectivity index (χ1n) is 9.59. The molecule has 0 spiro atoms. The highest BCUT2D eigenvalue weighted by molar-refractivity contribution is 14.0. The first kappa shape index (κ1) is 22.9. The standard InChI is InChI=1S/C20H27N7O.HI/c1-4-15(5-2)18-11-17(28-26-18)12-22-20(21-3)23-13-19-25-24-14-27(19)16-9-7-6-8-10-16;/h6-11,14-15H,4-5,12-13H2,1-3H3,(H2,21,22,23);1H. The van der Waals surface area contributed by atoms with E-state index in [-0.39, 0.29) is 24.0 Å². The second-order valence-corrected chi connectivity index (χ2v) is 6.46. The molecular weight excluding hydrogens is 481 g/mol. The van der Waals surface area contributed by atoms with Crippen molar-refractivity contribution in [3.63, 3.8) is 0 Å². The minimum Gasteiger partial charge on any atom is -0.359 e. The van der Waals surface area contributed by atoms with Crippen molar-refractivity contribution in [1.29, 1.82) is 0 Å². The maximum atomic E-state index is 5.45. The van der Waals surface area contributed by atoms with Gasteiger partial charge in [-0.15, -0.1) is 34.2 Å². The van der Waals surface area contributed by atoms with E-state index < -0.39 is 0 Å². The molecule has 2 N–H and O–H groups in total. The van der Waals surface area contributed by atoms with Crippen LogP contribution in [-0.2, 0) is 13.1 Å². The Bertz CT molecular complexity index is 887. The fourth-order valence-electron chi connectivity index (χ4n) is 3.05. The zero-order valence-corrected chi connectivity index (χ0v) is 19.3. The zero-order valence-electron chi connectivity index (χ0n) is 17.0. The van der Waals surface area contributed by atoms with E-state index in [0.717, 1.165) is 35.8 Å². The van der Waals surface area contributed by atoms with Crippen molar-refractivity contribution in [2.45, 2.75) is 45.7 Å². The third kappa shape index (κ3) is 6.02. The summed E-state index contributed by atoms with van der Waals surface area (Å²) >= 11 is 0. The molecule has 0 bridgehead atoms. The largest absolute Gasteiger partial charge is 0.359 e. The summed E-state index contributed by atoms with van der Waals surface area (Å²) in [5, 5.41) is 18.9. The maximum absolute atomic E-state index is 5.45. The summed E-state index contributed by atoms with van der Waals surface area (Å²) in [6.07, 6.45) is 3.82. The average molecular weight is 509 g/mol. The van der Waals surface area contributed by atoms with E-state index in [2.05, 4.69) is 44.8 Å². The summed E-state index contributed by atoms with van der Waals surface area (Å²) in [4.78, 5) is 4.25.